The zero-order chi connectivity index (χ0) is 15.4. The van der Waals surface area contributed by atoms with E-state index in [1.54, 1.807) is 24.3 Å². The van der Waals surface area contributed by atoms with Crippen molar-refractivity contribution in [3.05, 3.63) is 34.9 Å². The molecule has 1 aromatic rings. The van der Waals surface area contributed by atoms with E-state index in [9.17, 15) is 19.2 Å². The molecule has 1 heterocycles. The molecule has 0 bridgehead atoms. The molecule has 2 amide bonds. The summed E-state index contributed by atoms with van der Waals surface area (Å²) in [6.07, 6.45) is -1.45. The van der Waals surface area contributed by atoms with Crippen LogP contribution in [0.2, 0.25) is 5.02 Å². The summed E-state index contributed by atoms with van der Waals surface area (Å²) in [5.74, 6) is -2.02. The Kier molecular flexibility index (Phi) is 4.70. The van der Waals surface area contributed by atoms with Crippen LogP contribution in [0.15, 0.2) is 24.3 Å². The van der Waals surface area contributed by atoms with Crippen molar-refractivity contribution in [1.82, 2.24) is 5.32 Å². The van der Waals surface area contributed by atoms with E-state index in [1.807, 2.05) is 5.32 Å². The SMILES string of the molecule is O=C1CC(OC(=O)CCC(=O)c2ccc(Cl)cc2)C(=O)N1. The number of esters is 1. The van der Waals surface area contributed by atoms with Crippen molar-refractivity contribution in [3.8, 4) is 0 Å². The van der Waals surface area contributed by atoms with Crippen LogP contribution in [0.5, 0.6) is 0 Å². The number of hydrogen-bond acceptors (Lipinski definition) is 5. The predicted molar refractivity (Wildman–Crippen MR) is 72.7 cm³/mol. The van der Waals surface area contributed by atoms with Crippen LogP contribution in [0.3, 0.4) is 0 Å². The van der Waals surface area contributed by atoms with Gasteiger partial charge in [0.05, 0.1) is 12.8 Å². The van der Waals surface area contributed by atoms with Crippen LogP contribution in [-0.2, 0) is 19.1 Å². The molecule has 1 aromatic carbocycles. The highest BCUT2D eigenvalue weighted by molar-refractivity contribution is 6.30. The Bertz CT molecular complexity index is 596. The van der Waals surface area contributed by atoms with Crippen molar-refractivity contribution in [2.24, 2.45) is 0 Å². The molecule has 1 aliphatic heterocycles. The Labute approximate surface area is 125 Å². The molecule has 0 aliphatic carbocycles. The van der Waals surface area contributed by atoms with Crippen molar-refractivity contribution in [2.75, 3.05) is 0 Å². The Morgan fingerprint density at radius 3 is 2.43 bits per heavy atom. The Balaban J connectivity index is 1.81. The topological polar surface area (TPSA) is 89.5 Å². The number of ketones is 1. The number of carbonyl (C=O) groups excluding carboxylic acids is 4. The number of imide groups is 1. The first-order valence-corrected chi connectivity index (χ1v) is 6.65. The molecule has 7 heteroatoms. The number of rotatable bonds is 5. The highest BCUT2D eigenvalue weighted by Crippen LogP contribution is 2.13. The van der Waals surface area contributed by atoms with Crippen LogP contribution in [-0.4, -0.2) is 29.7 Å². The second-order valence-corrected chi connectivity index (χ2v) is 4.96. The van der Waals surface area contributed by atoms with Gasteiger partial charge in [-0.25, -0.2) is 0 Å². The monoisotopic (exact) mass is 309 g/mol. The summed E-state index contributed by atoms with van der Waals surface area (Å²) < 4.78 is 4.85. The molecule has 0 radical (unpaired) electrons. The van der Waals surface area contributed by atoms with Crippen LogP contribution in [0, 0.1) is 0 Å². The molecule has 110 valence electrons. The molecule has 21 heavy (non-hydrogen) atoms. The number of ether oxygens (including phenoxy) is 1. The van der Waals surface area contributed by atoms with Crippen molar-refractivity contribution in [1.29, 1.82) is 0 Å². The maximum atomic E-state index is 11.8. The molecule has 2 rings (SSSR count). The maximum Gasteiger partial charge on any atom is 0.307 e. The molecular weight excluding hydrogens is 298 g/mol. The van der Waals surface area contributed by atoms with Crippen LogP contribution in [0.25, 0.3) is 0 Å². The largest absolute Gasteiger partial charge is 0.452 e. The first-order chi connectivity index (χ1) is 9.95. The third-order valence-electron chi connectivity index (χ3n) is 2.92. The van der Waals surface area contributed by atoms with Crippen molar-refractivity contribution in [2.45, 2.75) is 25.4 Å². The minimum absolute atomic E-state index is 0.0389. The second-order valence-electron chi connectivity index (χ2n) is 4.53. The Morgan fingerprint density at radius 1 is 1.19 bits per heavy atom. The van der Waals surface area contributed by atoms with Crippen LogP contribution in [0.1, 0.15) is 29.6 Å². The van der Waals surface area contributed by atoms with Gasteiger partial charge < -0.3 is 4.74 Å². The fourth-order valence-corrected chi connectivity index (χ4v) is 1.96. The number of halogens is 1. The van der Waals surface area contributed by atoms with E-state index < -0.39 is 23.9 Å². The lowest BCUT2D eigenvalue weighted by Gasteiger charge is -2.08. The Hall–Kier alpha value is -2.21. The van der Waals surface area contributed by atoms with Gasteiger partial charge in [-0.05, 0) is 24.3 Å². The van der Waals surface area contributed by atoms with Gasteiger partial charge in [0, 0.05) is 17.0 Å². The molecule has 0 spiro atoms. The summed E-state index contributed by atoms with van der Waals surface area (Å²) in [4.78, 5) is 45.5. The highest BCUT2D eigenvalue weighted by atomic mass is 35.5. The average Bonchev–Trinajstić information content (AvgIpc) is 2.75. The summed E-state index contributed by atoms with van der Waals surface area (Å²) in [5.41, 5.74) is 0.445. The van der Waals surface area contributed by atoms with Gasteiger partial charge in [-0.2, -0.15) is 0 Å². The lowest BCUT2D eigenvalue weighted by atomic mass is 10.1. The third kappa shape index (κ3) is 4.13. The summed E-state index contributed by atoms with van der Waals surface area (Å²) >= 11 is 5.71. The lowest BCUT2D eigenvalue weighted by molar-refractivity contribution is -0.153. The zero-order valence-electron chi connectivity index (χ0n) is 10.9. The van der Waals surface area contributed by atoms with E-state index in [2.05, 4.69) is 0 Å². The van der Waals surface area contributed by atoms with Crippen LogP contribution >= 0.6 is 11.6 Å². The molecular formula is C14H12ClNO5. The van der Waals surface area contributed by atoms with Crippen LogP contribution in [0.4, 0.5) is 0 Å². The van der Waals surface area contributed by atoms with Gasteiger partial charge in [-0.1, -0.05) is 11.6 Å². The number of benzene rings is 1. The van der Waals surface area contributed by atoms with Crippen molar-refractivity contribution < 1.29 is 23.9 Å². The quantitative estimate of drug-likeness (QED) is 0.502. The minimum atomic E-state index is -1.09. The number of hydrogen-bond donors (Lipinski definition) is 1. The van der Waals surface area contributed by atoms with E-state index in [0.717, 1.165) is 0 Å². The molecule has 1 fully saturated rings. The van der Waals surface area contributed by atoms with E-state index in [-0.39, 0.29) is 25.0 Å². The van der Waals surface area contributed by atoms with E-state index in [1.165, 1.54) is 0 Å². The Morgan fingerprint density at radius 2 is 1.86 bits per heavy atom. The average molecular weight is 310 g/mol. The van der Waals surface area contributed by atoms with E-state index in [0.29, 0.717) is 10.6 Å². The summed E-state index contributed by atoms with van der Waals surface area (Å²) in [6.45, 7) is 0. The molecule has 1 aliphatic rings. The highest BCUT2D eigenvalue weighted by Gasteiger charge is 2.33. The molecule has 0 saturated carbocycles. The number of Topliss-reactive ketones (excluding diaryl/α,β-unsaturated/α-hetero) is 1. The number of amides is 2. The lowest BCUT2D eigenvalue weighted by Crippen LogP contribution is -2.28. The third-order valence-corrected chi connectivity index (χ3v) is 3.17. The standard InChI is InChI=1S/C14H12ClNO5/c15-9-3-1-8(2-4-9)10(17)5-6-13(19)21-11-7-12(18)16-14(11)20/h1-4,11H,5-7H2,(H,16,18,20). The second kappa shape index (κ2) is 6.49. The predicted octanol–water partition coefficient (Wildman–Crippen LogP) is 1.26. The maximum absolute atomic E-state index is 11.8. The first kappa shape index (κ1) is 15.2. The van der Waals surface area contributed by atoms with E-state index in [4.69, 9.17) is 16.3 Å². The van der Waals surface area contributed by atoms with Gasteiger partial charge in [0.1, 0.15) is 0 Å². The molecule has 1 saturated heterocycles. The van der Waals surface area contributed by atoms with Crippen LogP contribution < -0.4 is 5.32 Å². The molecule has 0 aromatic heterocycles. The molecule has 1 unspecified atom stereocenters. The van der Waals surface area contributed by atoms with Gasteiger partial charge in [0.2, 0.25) is 5.91 Å². The molecule has 1 atom stereocenters. The zero-order valence-corrected chi connectivity index (χ0v) is 11.7. The van der Waals surface area contributed by atoms with Gasteiger partial charge in [0.15, 0.2) is 11.9 Å². The summed E-state index contributed by atoms with van der Waals surface area (Å²) in [7, 11) is 0. The number of nitrogens with one attached hydrogen (secondary N) is 1. The van der Waals surface area contributed by atoms with Crippen molar-refractivity contribution in [3.63, 3.8) is 0 Å². The summed E-state index contributed by atoms with van der Waals surface area (Å²) in [5, 5.41) is 2.55. The normalized spacial score (nSPS) is 17.5. The van der Waals surface area contributed by atoms with E-state index >= 15 is 0 Å². The minimum Gasteiger partial charge on any atom is -0.452 e. The van der Waals surface area contributed by atoms with Crippen molar-refractivity contribution >= 4 is 35.2 Å². The van der Waals surface area contributed by atoms with Gasteiger partial charge in [-0.15, -0.1) is 0 Å². The fraction of sp³-hybridized carbons (Fsp3) is 0.286. The van der Waals surface area contributed by atoms with Gasteiger partial charge in [-0.3, -0.25) is 24.5 Å². The summed E-state index contributed by atoms with van der Waals surface area (Å²) in [6, 6.07) is 6.31. The van der Waals surface area contributed by atoms with Gasteiger partial charge >= 0.3 is 5.97 Å². The molecule has 6 nitrogen and oxygen atoms in total. The number of carbonyl (C=O) groups is 4. The smallest absolute Gasteiger partial charge is 0.307 e. The fourth-order valence-electron chi connectivity index (χ4n) is 1.84. The first-order valence-electron chi connectivity index (χ1n) is 6.27. The van der Waals surface area contributed by atoms with Gasteiger partial charge in [0.25, 0.3) is 5.91 Å². The molecule has 1 N–H and O–H groups in total.